The van der Waals surface area contributed by atoms with Crippen LogP contribution >= 0.6 is 11.3 Å². The second-order valence-corrected chi connectivity index (χ2v) is 12.6. The van der Waals surface area contributed by atoms with Gasteiger partial charge in [-0.05, 0) is 49.6 Å². The van der Waals surface area contributed by atoms with E-state index in [0.717, 1.165) is 86.8 Å². The highest BCUT2D eigenvalue weighted by molar-refractivity contribution is 7.89. The van der Waals surface area contributed by atoms with E-state index < -0.39 is 10.0 Å². The molecule has 7 nitrogen and oxygen atoms in total. The molecular weight excluding hydrogens is 504 g/mol. The molecule has 5 rings (SSSR count). The van der Waals surface area contributed by atoms with Gasteiger partial charge in [0.15, 0.2) is 4.80 Å². The Morgan fingerprint density at radius 2 is 1.54 bits per heavy atom. The zero-order valence-corrected chi connectivity index (χ0v) is 23.1. The molecule has 9 heteroatoms. The lowest BCUT2D eigenvalue weighted by Gasteiger charge is -2.26. The Morgan fingerprint density at radius 1 is 0.865 bits per heavy atom. The highest BCUT2D eigenvalue weighted by atomic mass is 32.2. The van der Waals surface area contributed by atoms with Crippen LogP contribution in [0.3, 0.4) is 0 Å². The van der Waals surface area contributed by atoms with E-state index in [2.05, 4.69) is 33.9 Å². The Bertz CT molecular complexity index is 1330. The molecule has 2 fully saturated rings. The summed E-state index contributed by atoms with van der Waals surface area (Å²) < 4.78 is 35.9. The quantitative estimate of drug-likeness (QED) is 0.437. The van der Waals surface area contributed by atoms with Crippen molar-refractivity contribution in [3.8, 4) is 11.3 Å². The second-order valence-electron chi connectivity index (χ2n) is 9.80. The van der Waals surface area contributed by atoms with Crippen molar-refractivity contribution >= 4 is 27.0 Å². The van der Waals surface area contributed by atoms with Crippen molar-refractivity contribution in [2.75, 3.05) is 45.9 Å². The minimum Gasteiger partial charge on any atom is -0.379 e. The van der Waals surface area contributed by atoms with Crippen LogP contribution in [0.4, 0.5) is 5.69 Å². The van der Waals surface area contributed by atoms with Gasteiger partial charge < -0.3 is 9.30 Å². The van der Waals surface area contributed by atoms with Gasteiger partial charge in [0.1, 0.15) is 0 Å². The standard InChI is InChI=1S/C28H36N4O3S2/c1-23-6-10-25(11-7-23)29-28-32(17-16-30-18-20-35-21-19-30)27(22-36-28)24-8-12-26(13-9-24)37(33,34)31-14-4-2-3-5-15-31/h6-13,22H,2-5,14-21H2,1H3. The molecule has 0 spiro atoms. The summed E-state index contributed by atoms with van der Waals surface area (Å²) >= 11 is 1.62. The van der Waals surface area contributed by atoms with E-state index in [1.165, 1.54) is 5.56 Å². The molecule has 0 radical (unpaired) electrons. The average molecular weight is 541 g/mol. The van der Waals surface area contributed by atoms with Crippen LogP contribution < -0.4 is 4.80 Å². The molecule has 0 unspecified atom stereocenters. The molecule has 0 amide bonds. The van der Waals surface area contributed by atoms with E-state index in [1.54, 1.807) is 27.8 Å². The zero-order chi connectivity index (χ0) is 25.7. The first-order valence-electron chi connectivity index (χ1n) is 13.2. The predicted molar refractivity (Wildman–Crippen MR) is 149 cm³/mol. The van der Waals surface area contributed by atoms with Crippen LogP contribution in [-0.2, 0) is 21.3 Å². The first-order chi connectivity index (χ1) is 18.0. The normalized spacial score (nSPS) is 18.7. The summed E-state index contributed by atoms with van der Waals surface area (Å²) in [4.78, 5) is 8.69. The van der Waals surface area contributed by atoms with Crippen LogP contribution in [0.15, 0.2) is 63.8 Å². The fraction of sp³-hybridized carbons (Fsp3) is 0.464. The number of aryl methyl sites for hydroxylation is 1. The third kappa shape index (κ3) is 6.41. The molecule has 3 aromatic rings. The number of nitrogens with zero attached hydrogens (tertiary/aromatic N) is 4. The number of rotatable bonds is 7. The lowest BCUT2D eigenvalue weighted by atomic mass is 10.2. The first kappa shape index (κ1) is 26.3. The Labute approximate surface area is 224 Å². The van der Waals surface area contributed by atoms with Gasteiger partial charge in [0.05, 0.1) is 29.5 Å². The predicted octanol–water partition coefficient (Wildman–Crippen LogP) is 4.65. The van der Waals surface area contributed by atoms with E-state index in [-0.39, 0.29) is 0 Å². The number of hydrogen-bond donors (Lipinski definition) is 0. The minimum absolute atomic E-state index is 0.373. The van der Waals surface area contributed by atoms with Gasteiger partial charge in [-0.2, -0.15) is 4.31 Å². The number of morpholine rings is 1. The van der Waals surface area contributed by atoms with E-state index in [1.807, 2.05) is 24.3 Å². The Hall–Kier alpha value is -2.30. The van der Waals surface area contributed by atoms with Crippen molar-refractivity contribution in [2.24, 2.45) is 4.99 Å². The van der Waals surface area contributed by atoms with Crippen LogP contribution in [0.5, 0.6) is 0 Å². The van der Waals surface area contributed by atoms with Crippen molar-refractivity contribution < 1.29 is 13.2 Å². The van der Waals surface area contributed by atoms with E-state index in [0.29, 0.717) is 18.0 Å². The van der Waals surface area contributed by atoms with Crippen LogP contribution in [0, 0.1) is 6.92 Å². The lowest BCUT2D eigenvalue weighted by Crippen LogP contribution is -2.39. The lowest BCUT2D eigenvalue weighted by molar-refractivity contribution is 0.0363. The molecule has 0 N–H and O–H groups in total. The molecular formula is C28H36N4O3S2. The Balaban J connectivity index is 1.44. The molecule has 0 aliphatic carbocycles. The Kier molecular flexibility index (Phi) is 8.56. The molecule has 3 heterocycles. The van der Waals surface area contributed by atoms with Crippen molar-refractivity contribution in [3.63, 3.8) is 0 Å². The maximum Gasteiger partial charge on any atom is 0.243 e. The summed E-state index contributed by atoms with van der Waals surface area (Å²) in [5, 5.41) is 2.13. The van der Waals surface area contributed by atoms with Crippen LogP contribution in [0.1, 0.15) is 31.2 Å². The smallest absolute Gasteiger partial charge is 0.243 e. The second kappa shape index (κ2) is 12.0. The van der Waals surface area contributed by atoms with Gasteiger partial charge in [0.25, 0.3) is 0 Å². The highest BCUT2D eigenvalue weighted by Crippen LogP contribution is 2.26. The largest absolute Gasteiger partial charge is 0.379 e. The molecule has 1 aromatic heterocycles. The molecule has 37 heavy (non-hydrogen) atoms. The fourth-order valence-electron chi connectivity index (χ4n) is 4.89. The van der Waals surface area contributed by atoms with Crippen molar-refractivity contribution in [1.82, 2.24) is 13.8 Å². The fourth-order valence-corrected chi connectivity index (χ4v) is 7.36. The molecule has 2 aliphatic rings. The molecule has 0 saturated carbocycles. The van der Waals surface area contributed by atoms with Crippen LogP contribution in [-0.4, -0.2) is 68.1 Å². The molecule has 2 saturated heterocycles. The van der Waals surface area contributed by atoms with E-state index >= 15 is 0 Å². The van der Waals surface area contributed by atoms with E-state index in [9.17, 15) is 8.42 Å². The number of hydrogen-bond acceptors (Lipinski definition) is 6. The molecule has 0 atom stereocenters. The average Bonchev–Trinajstić information content (AvgIpc) is 3.11. The maximum atomic E-state index is 13.3. The van der Waals surface area contributed by atoms with Gasteiger partial charge in [-0.15, -0.1) is 11.3 Å². The van der Waals surface area contributed by atoms with Crippen molar-refractivity contribution in [1.29, 1.82) is 0 Å². The number of ether oxygens (including phenoxy) is 1. The van der Waals surface area contributed by atoms with Crippen LogP contribution in [0.25, 0.3) is 11.3 Å². The molecule has 198 valence electrons. The monoisotopic (exact) mass is 540 g/mol. The Morgan fingerprint density at radius 3 is 2.22 bits per heavy atom. The van der Waals surface area contributed by atoms with Gasteiger partial charge >= 0.3 is 0 Å². The van der Waals surface area contributed by atoms with Crippen LogP contribution in [0.2, 0.25) is 0 Å². The van der Waals surface area contributed by atoms with Gasteiger partial charge in [-0.25, -0.2) is 13.4 Å². The number of benzene rings is 2. The third-order valence-corrected chi connectivity index (χ3v) is 9.93. The van der Waals surface area contributed by atoms with Gasteiger partial charge in [-0.3, -0.25) is 4.90 Å². The summed E-state index contributed by atoms with van der Waals surface area (Å²) in [7, 11) is -3.47. The summed E-state index contributed by atoms with van der Waals surface area (Å²) in [5.74, 6) is 0. The third-order valence-electron chi connectivity index (χ3n) is 7.15. The summed E-state index contributed by atoms with van der Waals surface area (Å²) in [5.41, 5.74) is 4.19. The first-order valence-corrected chi connectivity index (χ1v) is 15.5. The van der Waals surface area contributed by atoms with Gasteiger partial charge in [0.2, 0.25) is 10.0 Å². The summed E-state index contributed by atoms with van der Waals surface area (Å²) in [6, 6.07) is 15.6. The summed E-state index contributed by atoms with van der Waals surface area (Å²) in [6.07, 6.45) is 4.07. The van der Waals surface area contributed by atoms with Crippen molar-refractivity contribution in [2.45, 2.75) is 44.0 Å². The van der Waals surface area contributed by atoms with Crippen molar-refractivity contribution in [3.05, 3.63) is 64.3 Å². The number of aromatic nitrogens is 1. The highest BCUT2D eigenvalue weighted by Gasteiger charge is 2.25. The summed E-state index contributed by atoms with van der Waals surface area (Å²) in [6.45, 7) is 8.43. The van der Waals surface area contributed by atoms with Gasteiger partial charge in [0, 0.05) is 44.6 Å². The minimum atomic E-state index is -3.47. The molecule has 2 aromatic carbocycles. The zero-order valence-electron chi connectivity index (χ0n) is 21.5. The van der Waals surface area contributed by atoms with Gasteiger partial charge in [-0.1, -0.05) is 42.7 Å². The SMILES string of the molecule is Cc1ccc(N=c2scc(-c3ccc(S(=O)(=O)N4CCCCCC4)cc3)n2CCN2CCOCC2)cc1. The number of thiazole rings is 1. The molecule has 0 bridgehead atoms. The number of sulfonamides is 1. The maximum absolute atomic E-state index is 13.3. The molecule has 2 aliphatic heterocycles. The van der Waals surface area contributed by atoms with E-state index in [4.69, 9.17) is 9.73 Å². The topological polar surface area (TPSA) is 67.1 Å².